The van der Waals surface area contributed by atoms with Gasteiger partial charge in [0, 0.05) is 0 Å². The minimum Gasteiger partial charge on any atom is -0.390 e. The van der Waals surface area contributed by atoms with Crippen LogP contribution in [0.3, 0.4) is 0 Å². The summed E-state index contributed by atoms with van der Waals surface area (Å²) < 4.78 is 39.7. The maximum Gasteiger partial charge on any atom is 0.416 e. The number of benzene rings is 1. The summed E-state index contributed by atoms with van der Waals surface area (Å²) >= 11 is 0. The SMILES string of the molecule is CC(C)Cc1c(CO)nnn1-c1cccc(C(F)(F)F)c1. The van der Waals surface area contributed by atoms with Gasteiger partial charge in [0.05, 0.1) is 23.6 Å². The third-order valence-corrected chi connectivity index (χ3v) is 3.01. The average Bonchev–Trinajstić information content (AvgIpc) is 2.80. The summed E-state index contributed by atoms with van der Waals surface area (Å²) in [5.74, 6) is 0.262. The first-order valence-corrected chi connectivity index (χ1v) is 6.55. The fraction of sp³-hybridized carbons (Fsp3) is 0.429. The van der Waals surface area contributed by atoms with E-state index in [4.69, 9.17) is 0 Å². The molecule has 1 aromatic heterocycles. The second kappa shape index (κ2) is 5.85. The average molecular weight is 299 g/mol. The van der Waals surface area contributed by atoms with E-state index in [9.17, 15) is 18.3 Å². The van der Waals surface area contributed by atoms with Crippen molar-refractivity contribution in [3.05, 3.63) is 41.2 Å². The smallest absolute Gasteiger partial charge is 0.390 e. The van der Waals surface area contributed by atoms with Crippen LogP contribution in [0.25, 0.3) is 5.69 Å². The molecule has 0 bridgehead atoms. The van der Waals surface area contributed by atoms with Crippen LogP contribution in [-0.2, 0) is 19.2 Å². The zero-order valence-electron chi connectivity index (χ0n) is 11.7. The van der Waals surface area contributed by atoms with E-state index in [-0.39, 0.29) is 18.2 Å². The zero-order valence-corrected chi connectivity index (χ0v) is 11.7. The molecule has 1 heterocycles. The Morgan fingerprint density at radius 3 is 2.57 bits per heavy atom. The zero-order chi connectivity index (χ0) is 15.6. The number of alkyl halides is 3. The Morgan fingerprint density at radius 1 is 1.29 bits per heavy atom. The minimum atomic E-state index is -4.41. The summed E-state index contributed by atoms with van der Waals surface area (Å²) in [5.41, 5.74) is 0.567. The molecular weight excluding hydrogens is 283 g/mol. The molecule has 0 aliphatic rings. The fourth-order valence-electron chi connectivity index (χ4n) is 2.07. The number of aliphatic hydroxyl groups is 1. The first-order chi connectivity index (χ1) is 9.82. The molecule has 1 aromatic carbocycles. The summed E-state index contributed by atoms with van der Waals surface area (Å²) in [6, 6.07) is 4.90. The van der Waals surface area contributed by atoms with E-state index in [1.54, 1.807) is 0 Å². The number of hydrogen-bond acceptors (Lipinski definition) is 3. The highest BCUT2D eigenvalue weighted by molar-refractivity contribution is 5.38. The van der Waals surface area contributed by atoms with Crippen molar-refractivity contribution in [1.82, 2.24) is 15.0 Å². The Hall–Kier alpha value is -1.89. The summed E-state index contributed by atoms with van der Waals surface area (Å²) in [6.07, 6.45) is -3.84. The molecule has 0 saturated heterocycles. The molecule has 0 radical (unpaired) electrons. The van der Waals surface area contributed by atoms with Gasteiger partial charge in [-0.25, -0.2) is 4.68 Å². The molecule has 0 aliphatic carbocycles. The number of rotatable bonds is 4. The highest BCUT2D eigenvalue weighted by Crippen LogP contribution is 2.30. The van der Waals surface area contributed by atoms with Crippen LogP contribution < -0.4 is 0 Å². The molecule has 21 heavy (non-hydrogen) atoms. The van der Waals surface area contributed by atoms with Crippen LogP contribution in [0.1, 0.15) is 30.8 Å². The summed E-state index contributed by atoms with van der Waals surface area (Å²) in [6.45, 7) is 3.66. The van der Waals surface area contributed by atoms with Gasteiger partial charge >= 0.3 is 6.18 Å². The Balaban J connectivity index is 2.49. The Labute approximate surface area is 120 Å². The van der Waals surface area contributed by atoms with Crippen molar-refractivity contribution in [1.29, 1.82) is 0 Å². The predicted octanol–water partition coefficient (Wildman–Crippen LogP) is 2.98. The van der Waals surface area contributed by atoms with Gasteiger partial charge in [-0.15, -0.1) is 5.10 Å². The molecule has 2 rings (SSSR count). The molecular formula is C14H16F3N3O. The third-order valence-electron chi connectivity index (χ3n) is 3.01. The number of aromatic nitrogens is 3. The van der Waals surface area contributed by atoms with Gasteiger partial charge in [-0.05, 0) is 30.5 Å². The van der Waals surface area contributed by atoms with Crippen LogP contribution in [0.2, 0.25) is 0 Å². The number of nitrogens with zero attached hydrogens (tertiary/aromatic N) is 3. The largest absolute Gasteiger partial charge is 0.416 e. The van der Waals surface area contributed by atoms with E-state index in [1.165, 1.54) is 16.8 Å². The Kier molecular flexibility index (Phi) is 4.32. The lowest BCUT2D eigenvalue weighted by atomic mass is 10.1. The van der Waals surface area contributed by atoms with Crippen molar-refractivity contribution in [3.63, 3.8) is 0 Å². The second-order valence-corrected chi connectivity index (χ2v) is 5.20. The highest BCUT2D eigenvalue weighted by Gasteiger charge is 2.30. The third kappa shape index (κ3) is 3.41. The Bertz CT molecular complexity index is 620. The van der Waals surface area contributed by atoms with Crippen molar-refractivity contribution in [2.24, 2.45) is 5.92 Å². The van der Waals surface area contributed by atoms with Gasteiger partial charge < -0.3 is 5.11 Å². The van der Waals surface area contributed by atoms with Crippen molar-refractivity contribution < 1.29 is 18.3 Å². The van der Waals surface area contributed by atoms with Gasteiger partial charge in [0.15, 0.2) is 0 Å². The molecule has 7 heteroatoms. The number of aliphatic hydroxyl groups excluding tert-OH is 1. The highest BCUT2D eigenvalue weighted by atomic mass is 19.4. The second-order valence-electron chi connectivity index (χ2n) is 5.20. The normalized spacial score (nSPS) is 12.1. The van der Waals surface area contributed by atoms with E-state index in [1.807, 2.05) is 13.8 Å². The van der Waals surface area contributed by atoms with Gasteiger partial charge in [-0.2, -0.15) is 13.2 Å². The molecule has 0 unspecified atom stereocenters. The van der Waals surface area contributed by atoms with Crippen molar-refractivity contribution in [3.8, 4) is 5.69 Å². The van der Waals surface area contributed by atoms with E-state index in [2.05, 4.69) is 10.3 Å². The molecule has 0 saturated carbocycles. The van der Waals surface area contributed by atoms with Crippen LogP contribution in [0, 0.1) is 5.92 Å². The van der Waals surface area contributed by atoms with Crippen LogP contribution in [0.4, 0.5) is 13.2 Å². The van der Waals surface area contributed by atoms with E-state index in [0.29, 0.717) is 17.8 Å². The Morgan fingerprint density at radius 2 is 2.00 bits per heavy atom. The lowest BCUT2D eigenvalue weighted by Gasteiger charge is -2.12. The van der Waals surface area contributed by atoms with Crippen molar-refractivity contribution in [2.45, 2.75) is 33.1 Å². The van der Waals surface area contributed by atoms with Crippen LogP contribution in [-0.4, -0.2) is 20.1 Å². The maximum absolute atomic E-state index is 12.8. The molecule has 0 amide bonds. The van der Waals surface area contributed by atoms with Crippen molar-refractivity contribution in [2.75, 3.05) is 0 Å². The lowest BCUT2D eigenvalue weighted by Crippen LogP contribution is -2.10. The summed E-state index contributed by atoms with van der Waals surface area (Å²) in [4.78, 5) is 0. The van der Waals surface area contributed by atoms with Gasteiger partial charge in [-0.3, -0.25) is 0 Å². The quantitative estimate of drug-likeness (QED) is 0.944. The molecule has 0 atom stereocenters. The predicted molar refractivity (Wildman–Crippen MR) is 70.8 cm³/mol. The summed E-state index contributed by atoms with van der Waals surface area (Å²) in [7, 11) is 0. The maximum atomic E-state index is 12.8. The fourth-order valence-corrected chi connectivity index (χ4v) is 2.07. The minimum absolute atomic E-state index is 0.262. The standard InChI is InChI=1S/C14H16F3N3O/c1-9(2)6-13-12(8-21)18-19-20(13)11-5-3-4-10(7-11)14(15,16)17/h3-5,7,9,21H,6,8H2,1-2H3. The molecule has 1 N–H and O–H groups in total. The first kappa shape index (κ1) is 15.5. The van der Waals surface area contributed by atoms with Gasteiger partial charge in [0.1, 0.15) is 5.69 Å². The monoisotopic (exact) mass is 299 g/mol. The molecule has 114 valence electrons. The lowest BCUT2D eigenvalue weighted by molar-refractivity contribution is -0.137. The number of hydrogen-bond donors (Lipinski definition) is 1. The van der Waals surface area contributed by atoms with E-state index in [0.717, 1.165) is 12.1 Å². The molecule has 0 aliphatic heterocycles. The topological polar surface area (TPSA) is 50.9 Å². The van der Waals surface area contributed by atoms with Crippen LogP contribution >= 0.6 is 0 Å². The molecule has 2 aromatic rings. The summed E-state index contributed by atoms with van der Waals surface area (Å²) in [5, 5.41) is 17.0. The molecule has 0 spiro atoms. The van der Waals surface area contributed by atoms with Crippen LogP contribution in [0.15, 0.2) is 24.3 Å². The van der Waals surface area contributed by atoms with Crippen LogP contribution in [0.5, 0.6) is 0 Å². The van der Waals surface area contributed by atoms with Crippen molar-refractivity contribution >= 4 is 0 Å². The van der Waals surface area contributed by atoms with Gasteiger partial charge in [0.25, 0.3) is 0 Å². The number of halogens is 3. The van der Waals surface area contributed by atoms with E-state index >= 15 is 0 Å². The van der Waals surface area contributed by atoms with E-state index < -0.39 is 11.7 Å². The molecule has 0 fully saturated rings. The molecule has 4 nitrogen and oxygen atoms in total. The van der Waals surface area contributed by atoms with Gasteiger partial charge in [0.2, 0.25) is 0 Å². The first-order valence-electron chi connectivity index (χ1n) is 6.55. The van der Waals surface area contributed by atoms with Gasteiger partial charge in [-0.1, -0.05) is 25.1 Å².